The zero-order chi connectivity index (χ0) is 13.0. The molecule has 0 fully saturated rings. The lowest BCUT2D eigenvalue weighted by molar-refractivity contribution is 0.755. The normalized spacial score (nSPS) is 10.4. The number of nitrogens with one attached hydrogen (secondary N) is 1. The van der Waals surface area contributed by atoms with Crippen molar-refractivity contribution in [2.75, 3.05) is 17.3 Å². The molecule has 0 spiro atoms. The fraction of sp³-hybridized carbons (Fsp3) is 0.250. The molecule has 0 atom stereocenters. The van der Waals surface area contributed by atoms with E-state index < -0.39 is 0 Å². The predicted octanol–water partition coefficient (Wildman–Crippen LogP) is 4.27. The Morgan fingerprint density at radius 3 is 1.94 bits per heavy atom. The Morgan fingerprint density at radius 1 is 0.833 bits per heavy atom. The van der Waals surface area contributed by atoms with Crippen LogP contribution >= 0.6 is 0 Å². The largest absolute Gasteiger partial charge is 0.372 e. The van der Waals surface area contributed by atoms with Gasteiger partial charge in [0.1, 0.15) is 0 Å². The summed E-state index contributed by atoms with van der Waals surface area (Å²) in [5.41, 5.74) is 3.47. The van der Waals surface area contributed by atoms with Gasteiger partial charge in [-0.15, -0.1) is 0 Å². The Labute approximate surface area is 109 Å². The Bertz CT molecular complexity index is 474. The molecule has 0 saturated heterocycles. The summed E-state index contributed by atoms with van der Waals surface area (Å²) in [5, 5.41) is 3.38. The van der Waals surface area contributed by atoms with Crippen molar-refractivity contribution in [3.8, 4) is 0 Å². The van der Waals surface area contributed by atoms with Gasteiger partial charge < -0.3 is 10.2 Å². The van der Waals surface area contributed by atoms with Gasteiger partial charge >= 0.3 is 0 Å². The molecule has 0 aromatic heterocycles. The molecule has 0 amide bonds. The summed E-state index contributed by atoms with van der Waals surface area (Å²) in [7, 11) is 2.12. The van der Waals surface area contributed by atoms with Crippen LogP contribution in [0.1, 0.15) is 13.8 Å². The Kier molecular flexibility index (Phi) is 3.88. The quantitative estimate of drug-likeness (QED) is 0.858. The summed E-state index contributed by atoms with van der Waals surface area (Å²) in [4.78, 5) is 2.26. The van der Waals surface area contributed by atoms with Crippen molar-refractivity contribution in [1.82, 2.24) is 0 Å². The average Bonchev–Trinajstić information content (AvgIpc) is 2.40. The molecule has 18 heavy (non-hydrogen) atoms. The van der Waals surface area contributed by atoms with Crippen LogP contribution < -0.4 is 10.2 Å². The van der Waals surface area contributed by atoms with Crippen LogP contribution in [0.5, 0.6) is 0 Å². The van der Waals surface area contributed by atoms with Gasteiger partial charge in [-0.1, -0.05) is 18.2 Å². The second-order valence-corrected chi connectivity index (χ2v) is 4.74. The van der Waals surface area contributed by atoms with Crippen molar-refractivity contribution >= 4 is 17.1 Å². The third kappa shape index (κ3) is 3.04. The molecule has 2 rings (SSSR count). The minimum atomic E-state index is 0.512. The summed E-state index contributed by atoms with van der Waals surface area (Å²) in [5.74, 6) is 0. The third-order valence-corrected chi connectivity index (χ3v) is 3.11. The number of hydrogen-bond acceptors (Lipinski definition) is 2. The number of anilines is 3. The van der Waals surface area contributed by atoms with E-state index in [4.69, 9.17) is 0 Å². The highest BCUT2D eigenvalue weighted by molar-refractivity contribution is 5.62. The van der Waals surface area contributed by atoms with Crippen LogP contribution in [0, 0.1) is 0 Å². The number of para-hydroxylation sites is 1. The fourth-order valence-corrected chi connectivity index (χ4v) is 1.77. The molecule has 0 aliphatic carbocycles. The monoisotopic (exact) mass is 240 g/mol. The van der Waals surface area contributed by atoms with Crippen molar-refractivity contribution < 1.29 is 0 Å². The summed E-state index contributed by atoms with van der Waals surface area (Å²) >= 11 is 0. The molecule has 0 aliphatic heterocycles. The fourth-order valence-electron chi connectivity index (χ4n) is 1.77. The molecule has 0 heterocycles. The average molecular weight is 240 g/mol. The molecular weight excluding hydrogens is 220 g/mol. The summed E-state index contributed by atoms with van der Waals surface area (Å²) < 4.78 is 0. The molecule has 0 bridgehead atoms. The molecule has 2 nitrogen and oxygen atoms in total. The predicted molar refractivity (Wildman–Crippen MR) is 79.7 cm³/mol. The highest BCUT2D eigenvalue weighted by Crippen LogP contribution is 2.21. The first kappa shape index (κ1) is 12.5. The van der Waals surface area contributed by atoms with E-state index >= 15 is 0 Å². The van der Waals surface area contributed by atoms with E-state index in [1.54, 1.807) is 0 Å². The first-order valence-electron chi connectivity index (χ1n) is 6.32. The lowest BCUT2D eigenvalue weighted by Crippen LogP contribution is -2.25. The summed E-state index contributed by atoms with van der Waals surface area (Å²) in [6, 6.07) is 19.2. The zero-order valence-electron chi connectivity index (χ0n) is 11.2. The van der Waals surface area contributed by atoms with Gasteiger partial charge in [0.25, 0.3) is 0 Å². The lowest BCUT2D eigenvalue weighted by atomic mass is 10.2. The second-order valence-electron chi connectivity index (χ2n) is 4.74. The van der Waals surface area contributed by atoms with Crippen LogP contribution in [-0.4, -0.2) is 13.1 Å². The van der Waals surface area contributed by atoms with Gasteiger partial charge in [-0.3, -0.25) is 0 Å². The van der Waals surface area contributed by atoms with Crippen molar-refractivity contribution in [1.29, 1.82) is 0 Å². The standard InChI is InChI=1S/C16H20N2/c1-13(2)18(3)16-11-9-15(10-12-16)17-14-7-5-4-6-8-14/h4-13,17H,1-3H3. The number of benzene rings is 2. The van der Waals surface area contributed by atoms with E-state index in [1.807, 2.05) is 18.2 Å². The Morgan fingerprint density at radius 2 is 1.39 bits per heavy atom. The first-order chi connectivity index (χ1) is 8.66. The minimum Gasteiger partial charge on any atom is -0.372 e. The molecule has 2 aromatic carbocycles. The zero-order valence-corrected chi connectivity index (χ0v) is 11.2. The highest BCUT2D eigenvalue weighted by atomic mass is 15.1. The van der Waals surface area contributed by atoms with Crippen molar-refractivity contribution in [3.63, 3.8) is 0 Å². The van der Waals surface area contributed by atoms with Gasteiger partial charge in [0, 0.05) is 30.2 Å². The van der Waals surface area contributed by atoms with Crippen LogP contribution in [0.25, 0.3) is 0 Å². The van der Waals surface area contributed by atoms with E-state index in [-0.39, 0.29) is 0 Å². The van der Waals surface area contributed by atoms with Gasteiger partial charge in [0.15, 0.2) is 0 Å². The Hall–Kier alpha value is -1.96. The molecule has 94 valence electrons. The lowest BCUT2D eigenvalue weighted by Gasteiger charge is -2.24. The molecule has 0 saturated carbocycles. The third-order valence-electron chi connectivity index (χ3n) is 3.11. The van der Waals surface area contributed by atoms with Crippen LogP contribution in [0.3, 0.4) is 0 Å². The van der Waals surface area contributed by atoms with E-state index in [1.165, 1.54) is 5.69 Å². The van der Waals surface area contributed by atoms with E-state index in [0.29, 0.717) is 6.04 Å². The molecule has 0 unspecified atom stereocenters. The number of hydrogen-bond donors (Lipinski definition) is 1. The first-order valence-corrected chi connectivity index (χ1v) is 6.32. The van der Waals surface area contributed by atoms with Gasteiger partial charge in [0.05, 0.1) is 0 Å². The maximum atomic E-state index is 3.38. The molecule has 1 N–H and O–H groups in total. The molecule has 0 aliphatic rings. The van der Waals surface area contributed by atoms with Crippen LogP contribution in [0.4, 0.5) is 17.1 Å². The van der Waals surface area contributed by atoms with E-state index in [0.717, 1.165) is 11.4 Å². The maximum Gasteiger partial charge on any atom is 0.0385 e. The smallest absolute Gasteiger partial charge is 0.0385 e. The summed E-state index contributed by atoms with van der Waals surface area (Å²) in [6.45, 7) is 4.38. The van der Waals surface area contributed by atoms with Crippen LogP contribution in [-0.2, 0) is 0 Å². The van der Waals surface area contributed by atoms with E-state index in [2.05, 4.69) is 67.5 Å². The molecular formula is C16H20N2. The van der Waals surface area contributed by atoms with Gasteiger partial charge in [-0.05, 0) is 50.2 Å². The SMILES string of the molecule is CC(C)N(C)c1ccc(Nc2ccccc2)cc1. The maximum absolute atomic E-state index is 3.38. The summed E-state index contributed by atoms with van der Waals surface area (Å²) in [6.07, 6.45) is 0. The van der Waals surface area contributed by atoms with Crippen molar-refractivity contribution in [3.05, 3.63) is 54.6 Å². The van der Waals surface area contributed by atoms with Gasteiger partial charge in [-0.2, -0.15) is 0 Å². The molecule has 2 aromatic rings. The molecule has 2 heteroatoms. The van der Waals surface area contributed by atoms with Crippen LogP contribution in [0.15, 0.2) is 54.6 Å². The number of rotatable bonds is 4. The number of nitrogens with zero attached hydrogens (tertiary/aromatic N) is 1. The minimum absolute atomic E-state index is 0.512. The van der Waals surface area contributed by atoms with Gasteiger partial charge in [0.2, 0.25) is 0 Å². The van der Waals surface area contributed by atoms with Crippen LogP contribution in [0.2, 0.25) is 0 Å². The second kappa shape index (κ2) is 5.58. The molecule has 0 radical (unpaired) electrons. The highest BCUT2D eigenvalue weighted by Gasteiger charge is 2.04. The van der Waals surface area contributed by atoms with Gasteiger partial charge in [-0.25, -0.2) is 0 Å². The topological polar surface area (TPSA) is 15.3 Å². The van der Waals surface area contributed by atoms with Crippen molar-refractivity contribution in [2.24, 2.45) is 0 Å². The Balaban J connectivity index is 2.09. The van der Waals surface area contributed by atoms with Crippen molar-refractivity contribution in [2.45, 2.75) is 19.9 Å². The van der Waals surface area contributed by atoms with E-state index in [9.17, 15) is 0 Å².